The van der Waals surface area contributed by atoms with Crippen LogP contribution in [0.25, 0.3) is 0 Å². The Morgan fingerprint density at radius 3 is 2.58 bits per heavy atom. The lowest BCUT2D eigenvalue weighted by molar-refractivity contribution is 0.0702. The molecule has 1 unspecified atom stereocenters. The zero-order valence-corrected chi connectivity index (χ0v) is 7.79. The summed E-state index contributed by atoms with van der Waals surface area (Å²) in [6.07, 6.45) is 0.259. The molecule has 2 N–H and O–H groups in total. The zero-order chi connectivity index (χ0) is 9.35. The summed E-state index contributed by atoms with van der Waals surface area (Å²) >= 11 is 0. The van der Waals surface area contributed by atoms with Crippen LogP contribution in [0.3, 0.4) is 0 Å². The second kappa shape index (κ2) is 2.94. The van der Waals surface area contributed by atoms with E-state index in [0.717, 1.165) is 0 Å². The van der Waals surface area contributed by atoms with Gasteiger partial charge in [-0.25, -0.2) is 4.79 Å². The third-order valence-electron chi connectivity index (χ3n) is 2.60. The Labute approximate surface area is 72.6 Å². The van der Waals surface area contributed by atoms with Crippen LogP contribution in [-0.4, -0.2) is 41.3 Å². The SMILES string of the molecule is CNC(=O)N1CCC(O)C1(C)C. The number of aliphatic hydroxyl groups is 1. The van der Waals surface area contributed by atoms with Crippen LogP contribution in [0.5, 0.6) is 0 Å². The number of nitrogens with zero attached hydrogens (tertiary/aromatic N) is 1. The molecule has 12 heavy (non-hydrogen) atoms. The number of nitrogens with one attached hydrogen (secondary N) is 1. The quantitative estimate of drug-likeness (QED) is 0.547. The first-order valence-corrected chi connectivity index (χ1v) is 4.17. The molecular formula is C8H16N2O2. The van der Waals surface area contributed by atoms with E-state index in [1.54, 1.807) is 11.9 Å². The first-order valence-electron chi connectivity index (χ1n) is 4.17. The minimum absolute atomic E-state index is 0.114. The van der Waals surface area contributed by atoms with Crippen molar-refractivity contribution in [1.29, 1.82) is 0 Å². The van der Waals surface area contributed by atoms with Gasteiger partial charge in [0.1, 0.15) is 0 Å². The Morgan fingerprint density at radius 2 is 2.25 bits per heavy atom. The van der Waals surface area contributed by atoms with Crippen LogP contribution in [-0.2, 0) is 0 Å². The predicted molar refractivity (Wildman–Crippen MR) is 45.9 cm³/mol. The minimum atomic E-state index is -0.430. The van der Waals surface area contributed by atoms with Gasteiger partial charge in [0.2, 0.25) is 0 Å². The molecule has 4 nitrogen and oxygen atoms in total. The van der Waals surface area contributed by atoms with Crippen LogP contribution >= 0.6 is 0 Å². The molecule has 1 fully saturated rings. The normalized spacial score (nSPS) is 27.3. The number of amides is 2. The molecule has 1 atom stereocenters. The number of likely N-dealkylation sites (tertiary alicyclic amines) is 1. The van der Waals surface area contributed by atoms with Crippen molar-refractivity contribution < 1.29 is 9.90 Å². The van der Waals surface area contributed by atoms with Gasteiger partial charge >= 0.3 is 6.03 Å². The Balaban J connectivity index is 2.74. The molecule has 0 aromatic heterocycles. The van der Waals surface area contributed by atoms with E-state index in [1.807, 2.05) is 13.8 Å². The standard InChI is InChI=1S/C8H16N2O2/c1-8(2)6(11)4-5-10(8)7(12)9-3/h6,11H,4-5H2,1-3H3,(H,9,12). The molecule has 1 aliphatic rings. The molecule has 4 heteroatoms. The summed E-state index contributed by atoms with van der Waals surface area (Å²) in [7, 11) is 1.60. The van der Waals surface area contributed by atoms with E-state index in [9.17, 15) is 9.90 Å². The molecule has 0 radical (unpaired) electrons. The molecule has 0 aromatic rings. The van der Waals surface area contributed by atoms with Crippen molar-refractivity contribution >= 4 is 6.03 Å². The Morgan fingerprint density at radius 1 is 1.67 bits per heavy atom. The summed E-state index contributed by atoms with van der Waals surface area (Å²) in [5.74, 6) is 0. The fraction of sp³-hybridized carbons (Fsp3) is 0.875. The Bertz CT molecular complexity index is 191. The highest BCUT2D eigenvalue weighted by Crippen LogP contribution is 2.28. The summed E-state index contributed by atoms with van der Waals surface area (Å²) in [6.45, 7) is 4.38. The average molecular weight is 172 g/mol. The van der Waals surface area contributed by atoms with Gasteiger partial charge in [-0.05, 0) is 20.3 Å². The van der Waals surface area contributed by atoms with Crippen LogP contribution in [0, 0.1) is 0 Å². The molecule has 1 aliphatic heterocycles. The smallest absolute Gasteiger partial charge is 0.317 e. The molecule has 2 amide bonds. The van der Waals surface area contributed by atoms with Crippen molar-refractivity contribution in [2.75, 3.05) is 13.6 Å². The lowest BCUT2D eigenvalue weighted by Gasteiger charge is -2.33. The molecule has 0 saturated carbocycles. The number of rotatable bonds is 0. The molecule has 0 aromatic carbocycles. The van der Waals surface area contributed by atoms with Crippen molar-refractivity contribution in [2.45, 2.75) is 31.9 Å². The molecule has 0 bridgehead atoms. The average Bonchev–Trinajstić information content (AvgIpc) is 2.27. The van der Waals surface area contributed by atoms with E-state index in [-0.39, 0.29) is 6.03 Å². The zero-order valence-electron chi connectivity index (χ0n) is 7.79. The van der Waals surface area contributed by atoms with E-state index in [0.29, 0.717) is 13.0 Å². The molecular weight excluding hydrogens is 156 g/mol. The molecule has 1 heterocycles. The van der Waals surface area contributed by atoms with Gasteiger partial charge in [-0.2, -0.15) is 0 Å². The van der Waals surface area contributed by atoms with Crippen LogP contribution < -0.4 is 5.32 Å². The third-order valence-corrected chi connectivity index (χ3v) is 2.60. The van der Waals surface area contributed by atoms with Crippen molar-refractivity contribution in [3.63, 3.8) is 0 Å². The number of hydrogen-bond donors (Lipinski definition) is 2. The van der Waals surface area contributed by atoms with Crippen molar-refractivity contribution in [3.05, 3.63) is 0 Å². The third kappa shape index (κ3) is 1.27. The van der Waals surface area contributed by atoms with E-state index in [4.69, 9.17) is 0 Å². The van der Waals surface area contributed by atoms with Crippen molar-refractivity contribution in [3.8, 4) is 0 Å². The molecule has 1 rings (SSSR count). The lowest BCUT2D eigenvalue weighted by Crippen LogP contribution is -2.51. The largest absolute Gasteiger partial charge is 0.391 e. The predicted octanol–water partition coefficient (Wildman–Crippen LogP) is 0.171. The topological polar surface area (TPSA) is 52.6 Å². The van der Waals surface area contributed by atoms with Gasteiger partial charge in [0.15, 0.2) is 0 Å². The van der Waals surface area contributed by atoms with E-state index in [2.05, 4.69) is 5.32 Å². The lowest BCUT2D eigenvalue weighted by atomic mass is 9.99. The van der Waals surface area contributed by atoms with Gasteiger partial charge in [-0.1, -0.05) is 0 Å². The number of carbonyl (C=O) groups excluding carboxylic acids is 1. The second-order valence-electron chi connectivity index (χ2n) is 3.66. The summed E-state index contributed by atoms with van der Waals surface area (Å²) < 4.78 is 0. The number of urea groups is 1. The van der Waals surface area contributed by atoms with E-state index >= 15 is 0 Å². The van der Waals surface area contributed by atoms with Gasteiger partial charge in [-0.15, -0.1) is 0 Å². The van der Waals surface area contributed by atoms with Gasteiger partial charge in [0.05, 0.1) is 11.6 Å². The summed E-state index contributed by atoms with van der Waals surface area (Å²) in [4.78, 5) is 12.9. The van der Waals surface area contributed by atoms with Crippen LogP contribution in [0.1, 0.15) is 20.3 Å². The maximum absolute atomic E-state index is 11.3. The van der Waals surface area contributed by atoms with Gasteiger partial charge in [0, 0.05) is 13.6 Å². The fourth-order valence-electron chi connectivity index (χ4n) is 1.57. The van der Waals surface area contributed by atoms with Crippen molar-refractivity contribution in [1.82, 2.24) is 10.2 Å². The first-order chi connectivity index (χ1) is 5.50. The highest BCUT2D eigenvalue weighted by Gasteiger charge is 2.42. The maximum Gasteiger partial charge on any atom is 0.317 e. The van der Waals surface area contributed by atoms with Crippen LogP contribution in [0.4, 0.5) is 4.79 Å². The minimum Gasteiger partial charge on any atom is -0.391 e. The summed E-state index contributed by atoms with van der Waals surface area (Å²) in [6, 6.07) is -0.114. The summed E-state index contributed by atoms with van der Waals surface area (Å²) in [5, 5.41) is 12.1. The first kappa shape index (κ1) is 9.32. The van der Waals surface area contributed by atoms with Crippen molar-refractivity contribution in [2.24, 2.45) is 0 Å². The molecule has 1 saturated heterocycles. The molecule has 0 spiro atoms. The Hall–Kier alpha value is -0.770. The van der Waals surface area contributed by atoms with E-state index < -0.39 is 11.6 Å². The fourth-order valence-corrected chi connectivity index (χ4v) is 1.57. The van der Waals surface area contributed by atoms with E-state index in [1.165, 1.54) is 0 Å². The number of carbonyl (C=O) groups is 1. The maximum atomic E-state index is 11.3. The van der Waals surface area contributed by atoms with Gasteiger partial charge < -0.3 is 15.3 Å². The molecule has 70 valence electrons. The second-order valence-corrected chi connectivity index (χ2v) is 3.66. The highest BCUT2D eigenvalue weighted by atomic mass is 16.3. The molecule has 0 aliphatic carbocycles. The number of aliphatic hydroxyl groups excluding tert-OH is 1. The monoisotopic (exact) mass is 172 g/mol. The number of hydrogen-bond acceptors (Lipinski definition) is 2. The van der Waals surface area contributed by atoms with Gasteiger partial charge in [-0.3, -0.25) is 0 Å². The van der Waals surface area contributed by atoms with Crippen LogP contribution in [0.15, 0.2) is 0 Å². The van der Waals surface area contributed by atoms with Gasteiger partial charge in [0.25, 0.3) is 0 Å². The Kier molecular flexibility index (Phi) is 2.28. The summed E-state index contributed by atoms with van der Waals surface area (Å²) in [5.41, 5.74) is -0.430. The van der Waals surface area contributed by atoms with Crippen LogP contribution in [0.2, 0.25) is 0 Å². The highest BCUT2D eigenvalue weighted by molar-refractivity contribution is 5.75.